The standard InChI is InChI=1S/C28H42N4S4.4ClH/c1-33-27-7-3-25(4-8-27)23-31-15-11-29(12-16-31)19-21-35-36-22-20-30-13-17-32(18-14-30)24-26-5-9-28(34-2)10-6-26;;;;/h3-10H,11-24H2,1-2H3;4*1H. The quantitative estimate of drug-likeness (QED) is 0.122. The first-order valence-electron chi connectivity index (χ1n) is 13.1. The summed E-state index contributed by atoms with van der Waals surface area (Å²) >= 11 is 3.63. The minimum absolute atomic E-state index is 0. The van der Waals surface area contributed by atoms with Gasteiger partial charge < -0.3 is 0 Å². The largest absolute Gasteiger partial charge is 0.300 e. The molecule has 0 amide bonds. The van der Waals surface area contributed by atoms with Gasteiger partial charge in [-0.25, -0.2) is 0 Å². The molecule has 0 spiro atoms. The average Bonchev–Trinajstić information content (AvgIpc) is 2.93. The van der Waals surface area contributed by atoms with Crippen molar-refractivity contribution in [1.29, 1.82) is 0 Å². The molecule has 0 atom stereocenters. The van der Waals surface area contributed by atoms with E-state index in [2.05, 4.69) is 102 Å². The summed E-state index contributed by atoms with van der Waals surface area (Å²) < 4.78 is 0. The van der Waals surface area contributed by atoms with Crippen molar-refractivity contribution in [3.8, 4) is 0 Å². The summed E-state index contributed by atoms with van der Waals surface area (Å²) in [5.74, 6) is 2.48. The van der Waals surface area contributed by atoms with Gasteiger partial charge in [0.2, 0.25) is 0 Å². The average molecular weight is 709 g/mol. The summed E-state index contributed by atoms with van der Waals surface area (Å²) in [6, 6.07) is 18.1. The van der Waals surface area contributed by atoms with Crippen molar-refractivity contribution >= 4 is 94.7 Å². The van der Waals surface area contributed by atoms with E-state index in [-0.39, 0.29) is 49.6 Å². The van der Waals surface area contributed by atoms with Crippen LogP contribution in [0.5, 0.6) is 0 Å². The van der Waals surface area contributed by atoms with Crippen molar-refractivity contribution in [3.63, 3.8) is 0 Å². The van der Waals surface area contributed by atoms with Crippen LogP contribution in [-0.4, -0.2) is 109 Å². The first kappa shape index (κ1) is 40.8. The molecule has 0 N–H and O–H groups in total. The molecule has 0 saturated carbocycles. The van der Waals surface area contributed by atoms with Crippen LogP contribution < -0.4 is 0 Å². The maximum atomic E-state index is 2.65. The Hall–Kier alpha value is 0.840. The fourth-order valence-electron chi connectivity index (χ4n) is 4.77. The number of hydrogen-bond acceptors (Lipinski definition) is 8. The van der Waals surface area contributed by atoms with Crippen LogP contribution in [0, 0.1) is 0 Å². The lowest BCUT2D eigenvalue weighted by molar-refractivity contribution is 0.132. The van der Waals surface area contributed by atoms with Crippen molar-refractivity contribution < 1.29 is 0 Å². The van der Waals surface area contributed by atoms with Gasteiger partial charge in [0.15, 0.2) is 0 Å². The minimum Gasteiger partial charge on any atom is -0.300 e. The number of benzene rings is 2. The highest BCUT2D eigenvalue weighted by Crippen LogP contribution is 2.22. The molecule has 0 radical (unpaired) electrons. The van der Waals surface area contributed by atoms with Crippen LogP contribution in [0.15, 0.2) is 58.3 Å². The molecule has 2 aliphatic rings. The summed E-state index contributed by atoms with van der Waals surface area (Å²) in [6.45, 7) is 14.2. The highest BCUT2D eigenvalue weighted by atomic mass is 35.5. The fraction of sp³-hybridized carbons (Fsp3) is 0.571. The van der Waals surface area contributed by atoms with Crippen LogP contribution in [0.4, 0.5) is 0 Å². The Kier molecular flexibility index (Phi) is 23.7. The molecule has 0 bridgehead atoms. The van der Waals surface area contributed by atoms with Crippen LogP contribution in [0.2, 0.25) is 0 Å². The van der Waals surface area contributed by atoms with Gasteiger partial charge in [0.25, 0.3) is 0 Å². The molecule has 2 fully saturated rings. The number of nitrogens with zero attached hydrogens (tertiary/aromatic N) is 4. The van der Waals surface area contributed by atoms with E-state index < -0.39 is 0 Å². The lowest BCUT2D eigenvalue weighted by Gasteiger charge is -2.35. The van der Waals surface area contributed by atoms with Crippen LogP contribution in [-0.2, 0) is 13.1 Å². The molecule has 2 aliphatic heterocycles. The zero-order valence-electron chi connectivity index (χ0n) is 23.6. The molecule has 2 aromatic rings. The Bertz CT molecular complexity index is 809. The van der Waals surface area contributed by atoms with Crippen LogP contribution in [0.1, 0.15) is 11.1 Å². The van der Waals surface area contributed by atoms with Crippen molar-refractivity contribution in [1.82, 2.24) is 19.6 Å². The first-order valence-corrected chi connectivity index (χ1v) is 18.1. The molecule has 2 aromatic carbocycles. The second-order valence-corrected chi connectivity index (χ2v) is 14.0. The lowest BCUT2D eigenvalue weighted by Crippen LogP contribution is -2.46. The number of halogens is 4. The van der Waals surface area contributed by atoms with E-state index >= 15 is 0 Å². The Labute approximate surface area is 284 Å². The molecule has 2 heterocycles. The van der Waals surface area contributed by atoms with E-state index in [4.69, 9.17) is 0 Å². The normalized spacial score (nSPS) is 16.8. The van der Waals surface area contributed by atoms with Gasteiger partial charge in [0.1, 0.15) is 0 Å². The topological polar surface area (TPSA) is 13.0 Å². The second kappa shape index (κ2) is 23.3. The third kappa shape index (κ3) is 14.5. The van der Waals surface area contributed by atoms with E-state index in [1.165, 1.54) is 97.9 Å². The van der Waals surface area contributed by atoms with Gasteiger partial charge in [-0.15, -0.1) is 73.2 Å². The molecule has 4 rings (SSSR count). The number of thioether (sulfide) groups is 2. The highest BCUT2D eigenvalue weighted by Gasteiger charge is 2.18. The van der Waals surface area contributed by atoms with Gasteiger partial charge in [-0.1, -0.05) is 45.9 Å². The first-order chi connectivity index (χ1) is 17.7. The van der Waals surface area contributed by atoms with E-state index in [9.17, 15) is 0 Å². The molecule has 0 aliphatic carbocycles. The van der Waals surface area contributed by atoms with Gasteiger partial charge in [0, 0.05) is 99.8 Å². The molecule has 230 valence electrons. The lowest BCUT2D eigenvalue weighted by atomic mass is 10.2. The molecular formula is C28H46Cl4N4S4. The van der Waals surface area contributed by atoms with Gasteiger partial charge in [0.05, 0.1) is 0 Å². The summed E-state index contributed by atoms with van der Waals surface area (Å²) in [6.07, 6.45) is 4.28. The van der Waals surface area contributed by atoms with Crippen molar-refractivity contribution in [3.05, 3.63) is 59.7 Å². The smallest absolute Gasteiger partial charge is 0.0234 e. The summed E-state index contributed by atoms with van der Waals surface area (Å²) in [5, 5.41) is 0. The molecule has 40 heavy (non-hydrogen) atoms. The van der Waals surface area contributed by atoms with Crippen molar-refractivity contribution in [2.24, 2.45) is 0 Å². The third-order valence-electron chi connectivity index (χ3n) is 7.13. The van der Waals surface area contributed by atoms with E-state index in [0.29, 0.717) is 0 Å². The second-order valence-electron chi connectivity index (χ2n) is 9.58. The molecular weight excluding hydrogens is 662 g/mol. The Morgan fingerprint density at radius 1 is 0.475 bits per heavy atom. The van der Waals surface area contributed by atoms with Crippen molar-refractivity contribution in [2.75, 3.05) is 89.5 Å². The highest BCUT2D eigenvalue weighted by molar-refractivity contribution is 8.76. The molecule has 0 aromatic heterocycles. The third-order valence-corrected chi connectivity index (χ3v) is 11.0. The van der Waals surface area contributed by atoms with Gasteiger partial charge in [-0.3, -0.25) is 19.6 Å². The van der Waals surface area contributed by atoms with Gasteiger partial charge in [-0.2, -0.15) is 0 Å². The summed E-state index contributed by atoms with van der Waals surface area (Å²) in [5.41, 5.74) is 2.88. The monoisotopic (exact) mass is 706 g/mol. The Balaban J connectivity index is 0.00000380. The van der Waals surface area contributed by atoms with Gasteiger partial charge in [-0.05, 0) is 47.9 Å². The zero-order valence-corrected chi connectivity index (χ0v) is 30.1. The maximum Gasteiger partial charge on any atom is 0.0234 e. The maximum absolute atomic E-state index is 2.65. The van der Waals surface area contributed by atoms with Crippen LogP contribution in [0.25, 0.3) is 0 Å². The SMILES string of the molecule is CSc1ccc(CN2CCN(CCSSCCN3CCN(Cc4ccc(SC)cc4)CC3)CC2)cc1.Cl.Cl.Cl.Cl. The number of rotatable bonds is 13. The Morgan fingerprint density at radius 3 is 1.07 bits per heavy atom. The summed E-state index contributed by atoms with van der Waals surface area (Å²) in [4.78, 5) is 13.2. The molecule has 4 nitrogen and oxygen atoms in total. The molecule has 0 unspecified atom stereocenters. The molecule has 2 saturated heterocycles. The summed E-state index contributed by atoms with van der Waals surface area (Å²) in [7, 11) is 4.14. The number of hydrogen-bond donors (Lipinski definition) is 0. The predicted octanol–water partition coefficient (Wildman–Crippen LogP) is 7.13. The molecule has 12 heteroatoms. The van der Waals surface area contributed by atoms with E-state index in [1.807, 2.05) is 23.5 Å². The van der Waals surface area contributed by atoms with Gasteiger partial charge >= 0.3 is 0 Å². The minimum atomic E-state index is 0. The fourth-order valence-corrected chi connectivity index (χ4v) is 7.64. The van der Waals surface area contributed by atoms with Crippen LogP contribution >= 0.6 is 94.7 Å². The number of piperazine rings is 2. The van der Waals surface area contributed by atoms with Crippen LogP contribution in [0.3, 0.4) is 0 Å². The Morgan fingerprint density at radius 2 is 0.775 bits per heavy atom. The predicted molar refractivity (Wildman–Crippen MR) is 194 cm³/mol. The van der Waals surface area contributed by atoms with Crippen molar-refractivity contribution in [2.45, 2.75) is 22.9 Å². The van der Waals surface area contributed by atoms with E-state index in [0.717, 1.165) is 13.1 Å². The van der Waals surface area contributed by atoms with E-state index in [1.54, 1.807) is 0 Å². The zero-order chi connectivity index (χ0) is 25.0.